The first-order valence-electron chi connectivity index (χ1n) is 7.35. The average molecular weight is 266 g/mol. The molecular weight excluding hydrogens is 244 g/mol. The van der Waals surface area contributed by atoms with Gasteiger partial charge in [0.25, 0.3) is 0 Å². The van der Waals surface area contributed by atoms with Gasteiger partial charge >= 0.3 is 0 Å². The molecule has 0 radical (unpaired) electrons. The van der Waals surface area contributed by atoms with Crippen molar-refractivity contribution in [1.82, 2.24) is 10.1 Å². The Bertz CT molecular complexity index is 426. The Morgan fingerprint density at radius 1 is 1.21 bits per heavy atom. The van der Waals surface area contributed by atoms with Crippen LogP contribution in [0, 0.1) is 0 Å². The zero-order valence-corrected chi connectivity index (χ0v) is 11.5. The van der Waals surface area contributed by atoms with E-state index in [1.165, 1.54) is 0 Å². The van der Waals surface area contributed by atoms with E-state index in [4.69, 9.17) is 9.26 Å². The number of ether oxygens (including phenoxy) is 1. The van der Waals surface area contributed by atoms with Gasteiger partial charge in [-0.1, -0.05) is 18.0 Å². The molecule has 1 saturated carbocycles. The van der Waals surface area contributed by atoms with Crippen molar-refractivity contribution < 1.29 is 14.4 Å². The van der Waals surface area contributed by atoms with Crippen LogP contribution in [0.4, 0.5) is 0 Å². The third-order valence-corrected chi connectivity index (χ3v) is 4.43. The molecule has 1 saturated heterocycles. The molecule has 1 N–H and O–H groups in total. The molecule has 2 heterocycles. The highest BCUT2D eigenvalue weighted by molar-refractivity contribution is 5.05. The van der Waals surface area contributed by atoms with Crippen molar-refractivity contribution in [3.63, 3.8) is 0 Å². The highest BCUT2D eigenvalue weighted by atomic mass is 16.5. The minimum absolute atomic E-state index is 0.00203. The lowest BCUT2D eigenvalue weighted by atomic mass is 9.86. The van der Waals surface area contributed by atoms with Gasteiger partial charge in [0.05, 0.1) is 12.0 Å². The largest absolute Gasteiger partial charge is 0.392 e. The van der Waals surface area contributed by atoms with E-state index in [1.54, 1.807) is 0 Å². The minimum Gasteiger partial charge on any atom is -0.392 e. The van der Waals surface area contributed by atoms with E-state index in [1.807, 2.05) is 6.92 Å². The summed E-state index contributed by atoms with van der Waals surface area (Å²) in [5.74, 6) is 1.22. The Morgan fingerprint density at radius 2 is 2.05 bits per heavy atom. The van der Waals surface area contributed by atoms with Crippen molar-refractivity contribution in [1.29, 1.82) is 0 Å². The molecule has 5 nitrogen and oxygen atoms in total. The smallest absolute Gasteiger partial charge is 0.232 e. The van der Waals surface area contributed by atoms with Crippen LogP contribution in [-0.2, 0) is 10.3 Å². The maximum Gasteiger partial charge on any atom is 0.232 e. The summed E-state index contributed by atoms with van der Waals surface area (Å²) >= 11 is 0. The fourth-order valence-corrected chi connectivity index (χ4v) is 3.11. The molecule has 0 bridgehead atoms. The average Bonchev–Trinajstić information content (AvgIpc) is 2.90. The first-order valence-corrected chi connectivity index (χ1v) is 7.35. The molecule has 3 atom stereocenters. The number of nitrogens with zero attached hydrogens (tertiary/aromatic N) is 2. The summed E-state index contributed by atoms with van der Waals surface area (Å²) in [7, 11) is 0. The summed E-state index contributed by atoms with van der Waals surface area (Å²) in [5, 5.41) is 14.1. The second-order valence-corrected chi connectivity index (χ2v) is 5.95. The van der Waals surface area contributed by atoms with E-state index < -0.39 is 5.60 Å². The van der Waals surface area contributed by atoms with Gasteiger partial charge < -0.3 is 14.4 Å². The quantitative estimate of drug-likeness (QED) is 0.890. The predicted molar refractivity (Wildman–Crippen MR) is 68.7 cm³/mol. The highest BCUT2D eigenvalue weighted by Gasteiger charge is 2.37. The van der Waals surface area contributed by atoms with Gasteiger partial charge in [-0.25, -0.2) is 0 Å². The maximum absolute atomic E-state index is 10.0. The molecule has 106 valence electrons. The summed E-state index contributed by atoms with van der Waals surface area (Å²) in [6, 6.07) is 0. The first-order chi connectivity index (χ1) is 9.19. The lowest BCUT2D eigenvalue weighted by Crippen LogP contribution is -2.31. The van der Waals surface area contributed by atoms with Crippen LogP contribution in [0.1, 0.15) is 69.5 Å². The first kappa shape index (κ1) is 13.1. The zero-order chi connectivity index (χ0) is 13.3. The fraction of sp³-hybridized carbons (Fsp3) is 0.857. The molecular formula is C14H22N2O3. The standard InChI is InChI=1S/C14H22N2O3/c1-14(8-4-5-9-18-14)13-15-12(19-16-13)10-6-2-3-7-11(10)17/h10-11,17H,2-9H2,1H3. The molecule has 1 aromatic rings. The third-order valence-electron chi connectivity index (χ3n) is 4.43. The molecule has 0 aromatic carbocycles. The Kier molecular flexibility index (Phi) is 3.58. The van der Waals surface area contributed by atoms with Gasteiger partial charge in [0.2, 0.25) is 11.7 Å². The van der Waals surface area contributed by atoms with Crippen LogP contribution < -0.4 is 0 Å². The van der Waals surface area contributed by atoms with Gasteiger partial charge in [-0.05, 0) is 39.0 Å². The topological polar surface area (TPSA) is 68.4 Å². The van der Waals surface area contributed by atoms with E-state index in [2.05, 4.69) is 10.1 Å². The van der Waals surface area contributed by atoms with Gasteiger partial charge in [-0.15, -0.1) is 0 Å². The maximum atomic E-state index is 10.0. The molecule has 0 amide bonds. The Labute approximate surface area is 113 Å². The Balaban J connectivity index is 1.78. The van der Waals surface area contributed by atoms with Crippen molar-refractivity contribution in [3.05, 3.63) is 11.7 Å². The van der Waals surface area contributed by atoms with E-state index in [0.29, 0.717) is 11.7 Å². The number of aromatic nitrogens is 2. The summed E-state index contributed by atoms with van der Waals surface area (Å²) in [6.45, 7) is 2.78. The van der Waals surface area contributed by atoms with E-state index in [9.17, 15) is 5.11 Å². The fourth-order valence-electron chi connectivity index (χ4n) is 3.11. The van der Waals surface area contributed by atoms with Gasteiger partial charge in [0.1, 0.15) is 5.60 Å². The van der Waals surface area contributed by atoms with Gasteiger partial charge in [-0.3, -0.25) is 0 Å². The van der Waals surface area contributed by atoms with Crippen LogP contribution in [0.15, 0.2) is 4.52 Å². The lowest BCUT2D eigenvalue weighted by molar-refractivity contribution is -0.0770. The van der Waals surface area contributed by atoms with Crippen molar-refractivity contribution >= 4 is 0 Å². The summed E-state index contributed by atoms with van der Waals surface area (Å²) in [6.07, 6.45) is 6.78. The van der Waals surface area contributed by atoms with Crippen LogP contribution in [0.2, 0.25) is 0 Å². The van der Waals surface area contributed by atoms with Gasteiger partial charge in [0, 0.05) is 6.61 Å². The van der Waals surface area contributed by atoms with Crippen LogP contribution in [-0.4, -0.2) is 28.0 Å². The third kappa shape index (κ3) is 2.54. The molecule has 2 aliphatic rings. The zero-order valence-electron chi connectivity index (χ0n) is 11.5. The summed E-state index contributed by atoms with van der Waals surface area (Å²) < 4.78 is 11.2. The molecule has 5 heteroatoms. The monoisotopic (exact) mass is 266 g/mol. The van der Waals surface area contributed by atoms with Crippen molar-refractivity contribution in [3.8, 4) is 0 Å². The van der Waals surface area contributed by atoms with E-state index >= 15 is 0 Å². The molecule has 1 aromatic heterocycles. The Morgan fingerprint density at radius 3 is 2.79 bits per heavy atom. The van der Waals surface area contributed by atoms with Crippen LogP contribution in [0.3, 0.4) is 0 Å². The number of hydrogen-bond acceptors (Lipinski definition) is 5. The molecule has 3 rings (SSSR count). The number of rotatable bonds is 2. The number of aliphatic hydroxyl groups is 1. The normalized spacial score (nSPS) is 36.3. The van der Waals surface area contributed by atoms with E-state index in [0.717, 1.165) is 51.6 Å². The van der Waals surface area contributed by atoms with Crippen LogP contribution in [0.5, 0.6) is 0 Å². The van der Waals surface area contributed by atoms with Crippen LogP contribution in [0.25, 0.3) is 0 Å². The van der Waals surface area contributed by atoms with Gasteiger partial charge in [-0.2, -0.15) is 4.98 Å². The Hall–Kier alpha value is -0.940. The molecule has 0 spiro atoms. The SMILES string of the molecule is CC1(c2noc(C3CCCCC3O)n2)CCCCO1. The summed E-state index contributed by atoms with van der Waals surface area (Å²) in [4.78, 5) is 4.52. The molecule has 19 heavy (non-hydrogen) atoms. The minimum atomic E-state index is -0.417. The van der Waals surface area contributed by atoms with Crippen molar-refractivity contribution in [2.45, 2.75) is 69.5 Å². The summed E-state index contributed by atoms with van der Waals surface area (Å²) in [5.41, 5.74) is -0.417. The number of hydrogen-bond donors (Lipinski definition) is 1. The molecule has 1 aliphatic carbocycles. The molecule has 3 unspecified atom stereocenters. The second kappa shape index (κ2) is 5.21. The second-order valence-electron chi connectivity index (χ2n) is 5.95. The van der Waals surface area contributed by atoms with E-state index in [-0.39, 0.29) is 12.0 Å². The predicted octanol–water partition coefficient (Wildman–Crippen LogP) is 2.50. The molecule has 1 aliphatic heterocycles. The lowest BCUT2D eigenvalue weighted by Gasteiger charge is -2.30. The number of aliphatic hydroxyl groups excluding tert-OH is 1. The van der Waals surface area contributed by atoms with Crippen LogP contribution >= 0.6 is 0 Å². The van der Waals surface area contributed by atoms with Gasteiger partial charge in [0.15, 0.2) is 0 Å². The van der Waals surface area contributed by atoms with Crippen molar-refractivity contribution in [2.75, 3.05) is 6.61 Å². The highest BCUT2D eigenvalue weighted by Crippen LogP contribution is 2.36. The van der Waals surface area contributed by atoms with Crippen molar-refractivity contribution in [2.24, 2.45) is 0 Å². The molecule has 2 fully saturated rings.